The number of rotatable bonds is 5. The van der Waals surface area contributed by atoms with E-state index >= 15 is 0 Å². The summed E-state index contributed by atoms with van der Waals surface area (Å²) in [5.74, 6) is -0.619. The Morgan fingerprint density at radius 1 is 1.19 bits per heavy atom. The molecule has 1 heterocycles. The minimum absolute atomic E-state index is 0.0703. The Hall–Kier alpha value is -1.42. The standard InChI is InChI=1S/C21H26BCl2N3O4S/c22-21(9-11-27(12-10-21)13-3-1-4-13)32(30,31)19-15(24)7-8-17(18(19)28)26-20(29)25-16-6-2-5-14(16)23/h5,7-8,13,16,28H,1-4,6,9-12H2,(H2,25,26,29)/t16-/m1/s1. The molecule has 0 bridgehead atoms. The fourth-order valence-electron chi connectivity index (χ4n) is 4.52. The number of benzene rings is 1. The van der Waals surface area contributed by atoms with Crippen molar-refractivity contribution in [3.8, 4) is 5.75 Å². The first-order chi connectivity index (χ1) is 15.1. The quantitative estimate of drug-likeness (QED) is 0.425. The van der Waals surface area contributed by atoms with Crippen LogP contribution in [-0.2, 0) is 9.84 Å². The molecule has 1 saturated carbocycles. The highest BCUT2D eigenvalue weighted by atomic mass is 35.5. The molecule has 3 aliphatic rings. The number of piperidine rings is 1. The van der Waals surface area contributed by atoms with Crippen molar-refractivity contribution in [3.05, 3.63) is 28.3 Å². The number of aromatic hydroxyl groups is 1. The highest BCUT2D eigenvalue weighted by molar-refractivity contribution is 7.94. The molecule has 0 unspecified atom stereocenters. The number of allylic oxidation sites excluding steroid dienone is 1. The van der Waals surface area contributed by atoms with Gasteiger partial charge in [0.15, 0.2) is 15.6 Å². The van der Waals surface area contributed by atoms with Gasteiger partial charge in [0, 0.05) is 15.7 Å². The molecule has 32 heavy (non-hydrogen) atoms. The number of amides is 2. The van der Waals surface area contributed by atoms with Gasteiger partial charge in [0.25, 0.3) is 0 Å². The topological polar surface area (TPSA) is 98.7 Å². The Bertz CT molecular complexity index is 1040. The first-order valence-electron chi connectivity index (χ1n) is 10.8. The molecule has 1 aromatic carbocycles. The molecule has 2 amide bonds. The van der Waals surface area contributed by atoms with Gasteiger partial charge in [-0.2, -0.15) is 0 Å². The number of urea groups is 1. The van der Waals surface area contributed by atoms with Gasteiger partial charge >= 0.3 is 6.03 Å². The van der Waals surface area contributed by atoms with E-state index < -0.39 is 31.2 Å². The van der Waals surface area contributed by atoms with Gasteiger partial charge in [-0.15, -0.1) is 0 Å². The summed E-state index contributed by atoms with van der Waals surface area (Å²) in [7, 11) is 2.22. The number of phenols is 1. The van der Waals surface area contributed by atoms with Gasteiger partial charge in [0.05, 0.1) is 24.6 Å². The number of hydrogen-bond donors (Lipinski definition) is 3. The maximum atomic E-state index is 13.5. The molecule has 7 nitrogen and oxygen atoms in total. The molecule has 1 aliphatic heterocycles. The first kappa shape index (κ1) is 23.7. The molecule has 172 valence electrons. The van der Waals surface area contributed by atoms with Gasteiger partial charge in [-0.1, -0.05) is 35.7 Å². The van der Waals surface area contributed by atoms with Crippen LogP contribution in [0.25, 0.3) is 0 Å². The fraction of sp³-hybridized carbons (Fsp3) is 0.571. The van der Waals surface area contributed by atoms with Gasteiger partial charge in [-0.25, -0.2) is 13.2 Å². The molecule has 2 fully saturated rings. The molecule has 4 rings (SSSR count). The van der Waals surface area contributed by atoms with Crippen LogP contribution in [0, 0.1) is 0 Å². The Morgan fingerprint density at radius 3 is 2.44 bits per heavy atom. The lowest BCUT2D eigenvalue weighted by Gasteiger charge is -2.45. The van der Waals surface area contributed by atoms with Crippen molar-refractivity contribution in [1.29, 1.82) is 0 Å². The van der Waals surface area contributed by atoms with E-state index in [9.17, 15) is 18.3 Å². The van der Waals surface area contributed by atoms with Gasteiger partial charge in [0.1, 0.15) is 4.90 Å². The third kappa shape index (κ3) is 4.37. The van der Waals surface area contributed by atoms with Crippen LogP contribution in [0.4, 0.5) is 10.5 Å². The van der Waals surface area contributed by atoms with Gasteiger partial charge < -0.3 is 20.6 Å². The van der Waals surface area contributed by atoms with Crippen molar-refractivity contribution in [2.45, 2.75) is 66.6 Å². The molecular formula is C21H26BCl2N3O4S. The predicted molar refractivity (Wildman–Crippen MR) is 126 cm³/mol. The lowest BCUT2D eigenvalue weighted by Crippen LogP contribution is -2.53. The van der Waals surface area contributed by atoms with E-state index in [2.05, 4.69) is 15.5 Å². The Kier molecular flexibility index (Phi) is 6.74. The predicted octanol–water partition coefficient (Wildman–Crippen LogP) is 3.74. The normalized spacial score (nSPS) is 23.9. The average Bonchev–Trinajstić information content (AvgIpc) is 3.09. The molecule has 2 aliphatic carbocycles. The summed E-state index contributed by atoms with van der Waals surface area (Å²) in [6.45, 7) is 1.16. The second-order valence-electron chi connectivity index (χ2n) is 8.78. The van der Waals surface area contributed by atoms with Gasteiger partial charge in [0.2, 0.25) is 0 Å². The summed E-state index contributed by atoms with van der Waals surface area (Å²) < 4.78 is 25.5. The zero-order valence-corrected chi connectivity index (χ0v) is 19.9. The fourth-order valence-corrected chi connectivity index (χ4v) is 7.07. The van der Waals surface area contributed by atoms with Crippen LogP contribution in [0.5, 0.6) is 5.75 Å². The van der Waals surface area contributed by atoms with Crippen molar-refractivity contribution < 1.29 is 18.3 Å². The summed E-state index contributed by atoms with van der Waals surface area (Å²) in [5, 5.41) is 16.4. The van der Waals surface area contributed by atoms with Crippen LogP contribution in [0.3, 0.4) is 0 Å². The number of anilines is 1. The summed E-state index contributed by atoms with van der Waals surface area (Å²) in [6, 6.07) is 2.26. The van der Waals surface area contributed by atoms with E-state index in [1.54, 1.807) is 0 Å². The SMILES string of the molecule is [B]C1(S(=O)(=O)c2c(Cl)ccc(NC(=O)N[C@@H]3CCC=C3Cl)c2O)CCN(C2CCC2)CC1. The van der Waals surface area contributed by atoms with E-state index in [0.29, 0.717) is 30.6 Å². The van der Waals surface area contributed by atoms with Crippen molar-refractivity contribution in [2.24, 2.45) is 0 Å². The largest absolute Gasteiger partial charge is 0.504 e. The lowest BCUT2D eigenvalue weighted by atomic mass is 9.77. The van der Waals surface area contributed by atoms with Crippen molar-refractivity contribution in [2.75, 3.05) is 18.4 Å². The summed E-state index contributed by atoms with van der Waals surface area (Å²) in [4.78, 5) is 14.2. The van der Waals surface area contributed by atoms with E-state index in [-0.39, 0.29) is 29.6 Å². The van der Waals surface area contributed by atoms with Crippen molar-refractivity contribution >= 4 is 52.6 Å². The summed E-state index contributed by atoms with van der Waals surface area (Å²) in [6.07, 6.45) is 7.21. The van der Waals surface area contributed by atoms with E-state index in [0.717, 1.165) is 19.3 Å². The zero-order chi connectivity index (χ0) is 23.1. The Balaban J connectivity index is 1.53. The van der Waals surface area contributed by atoms with E-state index in [1.807, 2.05) is 6.08 Å². The molecular weight excluding hydrogens is 472 g/mol. The average molecular weight is 498 g/mol. The number of hydrogen-bond acceptors (Lipinski definition) is 5. The van der Waals surface area contributed by atoms with Crippen LogP contribution in [0.15, 0.2) is 28.1 Å². The lowest BCUT2D eigenvalue weighted by molar-refractivity contribution is 0.101. The monoisotopic (exact) mass is 497 g/mol. The number of nitrogens with zero attached hydrogens (tertiary/aromatic N) is 1. The molecule has 0 spiro atoms. The number of carbonyl (C=O) groups is 1. The van der Waals surface area contributed by atoms with Crippen LogP contribution >= 0.6 is 23.2 Å². The zero-order valence-electron chi connectivity index (χ0n) is 17.6. The van der Waals surface area contributed by atoms with Crippen molar-refractivity contribution in [1.82, 2.24) is 10.2 Å². The first-order valence-corrected chi connectivity index (χ1v) is 13.1. The molecule has 2 radical (unpaired) electrons. The molecule has 3 N–H and O–H groups in total. The van der Waals surface area contributed by atoms with Crippen LogP contribution < -0.4 is 10.6 Å². The van der Waals surface area contributed by atoms with Gasteiger partial charge in [-0.05, 0) is 63.7 Å². The Labute approximate surface area is 199 Å². The smallest absolute Gasteiger partial charge is 0.319 e. The highest BCUT2D eigenvalue weighted by Crippen LogP contribution is 2.44. The van der Waals surface area contributed by atoms with Crippen molar-refractivity contribution in [3.63, 3.8) is 0 Å². The molecule has 1 atom stereocenters. The van der Waals surface area contributed by atoms with Crippen LogP contribution in [-0.4, -0.2) is 62.1 Å². The number of sulfone groups is 1. The number of halogens is 2. The highest BCUT2D eigenvalue weighted by Gasteiger charge is 2.45. The minimum Gasteiger partial charge on any atom is -0.504 e. The Morgan fingerprint density at radius 2 is 1.88 bits per heavy atom. The summed E-state index contributed by atoms with van der Waals surface area (Å²) >= 11 is 12.3. The molecule has 1 aromatic rings. The minimum atomic E-state index is -4.18. The van der Waals surface area contributed by atoms with Crippen LogP contribution in [0.2, 0.25) is 5.02 Å². The maximum absolute atomic E-state index is 13.5. The summed E-state index contributed by atoms with van der Waals surface area (Å²) in [5.41, 5.74) is -0.0703. The number of carbonyl (C=O) groups excluding carboxylic acids is 1. The van der Waals surface area contributed by atoms with E-state index in [1.165, 1.54) is 18.6 Å². The van der Waals surface area contributed by atoms with E-state index in [4.69, 9.17) is 31.0 Å². The number of likely N-dealkylation sites (tertiary alicyclic amines) is 1. The van der Waals surface area contributed by atoms with Gasteiger partial charge in [-0.3, -0.25) is 0 Å². The third-order valence-corrected chi connectivity index (χ3v) is 10.1. The molecule has 0 aromatic heterocycles. The number of phenolic OH excluding ortho intramolecular Hbond substituents is 1. The number of nitrogens with one attached hydrogen (secondary N) is 2. The second kappa shape index (κ2) is 9.08. The molecule has 1 saturated heterocycles. The van der Waals surface area contributed by atoms with Crippen LogP contribution in [0.1, 0.15) is 44.9 Å². The maximum Gasteiger partial charge on any atom is 0.319 e. The molecule has 11 heteroatoms. The third-order valence-electron chi connectivity index (χ3n) is 6.80. The second-order valence-corrected chi connectivity index (χ2v) is 11.9.